The summed E-state index contributed by atoms with van der Waals surface area (Å²) in [7, 11) is 0. The summed E-state index contributed by atoms with van der Waals surface area (Å²) in [5.41, 5.74) is 2.29. The molecule has 0 radical (unpaired) electrons. The van der Waals surface area contributed by atoms with Gasteiger partial charge >= 0.3 is 0 Å². The van der Waals surface area contributed by atoms with Gasteiger partial charge in [0.2, 0.25) is 0 Å². The van der Waals surface area contributed by atoms with Crippen molar-refractivity contribution in [1.29, 1.82) is 15.8 Å². The van der Waals surface area contributed by atoms with Gasteiger partial charge in [0.05, 0.1) is 5.57 Å². The summed E-state index contributed by atoms with van der Waals surface area (Å²) >= 11 is 0. The first kappa shape index (κ1) is 14.2. The van der Waals surface area contributed by atoms with Gasteiger partial charge < -0.3 is 4.90 Å². The summed E-state index contributed by atoms with van der Waals surface area (Å²) in [6.07, 6.45) is 3.74. The monoisotopic (exact) mass is 266 g/mol. The smallest absolute Gasteiger partial charge is 0.134 e. The van der Waals surface area contributed by atoms with Crippen molar-refractivity contribution in [3.63, 3.8) is 0 Å². The summed E-state index contributed by atoms with van der Waals surface area (Å²) in [5.74, 6) is 0. The van der Waals surface area contributed by atoms with Crippen LogP contribution in [0.5, 0.6) is 0 Å². The average molecular weight is 266 g/mol. The zero-order chi connectivity index (χ0) is 14.8. The Morgan fingerprint density at radius 1 is 1.05 bits per heavy atom. The van der Waals surface area contributed by atoms with Crippen molar-refractivity contribution >= 4 is 0 Å². The normalized spacial score (nSPS) is 21.1. The van der Waals surface area contributed by atoms with E-state index in [1.165, 1.54) is 0 Å². The number of allylic oxidation sites excluding steroid dienone is 4. The Morgan fingerprint density at radius 3 is 2.15 bits per heavy atom. The Balaban J connectivity index is 2.60. The van der Waals surface area contributed by atoms with Crippen LogP contribution in [0, 0.1) is 39.4 Å². The molecule has 2 aliphatic rings. The van der Waals surface area contributed by atoms with Gasteiger partial charge in [-0.2, -0.15) is 15.8 Å². The molecule has 0 aromatic carbocycles. The van der Waals surface area contributed by atoms with Gasteiger partial charge in [-0.15, -0.1) is 0 Å². The maximum atomic E-state index is 9.51. The van der Waals surface area contributed by atoms with Crippen molar-refractivity contribution in [2.75, 3.05) is 13.1 Å². The predicted octanol–water partition coefficient (Wildman–Crippen LogP) is 3.02. The van der Waals surface area contributed by atoms with Crippen LogP contribution in [0.2, 0.25) is 0 Å². The zero-order valence-electron chi connectivity index (χ0n) is 12.0. The largest absolute Gasteiger partial charge is 0.374 e. The standard InChI is InChI=1S/C16H18N4/c1-16(2)7-13(12(9-17)10-18)14(11-19)15(8-16)20-5-3-4-6-20/h3-8H2,1-2H3. The number of hydrogen-bond acceptors (Lipinski definition) is 4. The summed E-state index contributed by atoms with van der Waals surface area (Å²) in [5, 5.41) is 27.8. The molecular formula is C16H18N4. The van der Waals surface area contributed by atoms with E-state index in [0.717, 1.165) is 38.0 Å². The first-order valence-electron chi connectivity index (χ1n) is 6.94. The topological polar surface area (TPSA) is 74.6 Å². The third-order valence-corrected chi connectivity index (χ3v) is 4.02. The lowest BCUT2D eigenvalue weighted by atomic mass is 9.72. The Labute approximate surface area is 120 Å². The van der Waals surface area contributed by atoms with Crippen LogP contribution >= 0.6 is 0 Å². The van der Waals surface area contributed by atoms with Crippen LogP contribution in [0.1, 0.15) is 39.5 Å². The molecule has 0 N–H and O–H groups in total. The molecule has 2 rings (SSSR count). The van der Waals surface area contributed by atoms with Gasteiger partial charge in [0.15, 0.2) is 0 Å². The van der Waals surface area contributed by atoms with E-state index < -0.39 is 0 Å². The van der Waals surface area contributed by atoms with Gasteiger partial charge in [-0.05, 0) is 31.1 Å². The highest BCUT2D eigenvalue weighted by molar-refractivity contribution is 5.57. The Bertz CT molecular complexity index is 580. The van der Waals surface area contributed by atoms with E-state index in [-0.39, 0.29) is 11.0 Å². The number of nitrogens with zero attached hydrogens (tertiary/aromatic N) is 4. The molecule has 1 aliphatic heterocycles. The fourth-order valence-corrected chi connectivity index (χ4v) is 3.11. The van der Waals surface area contributed by atoms with E-state index in [2.05, 4.69) is 24.8 Å². The summed E-state index contributed by atoms with van der Waals surface area (Å²) in [4.78, 5) is 2.26. The van der Waals surface area contributed by atoms with Crippen LogP contribution in [0.15, 0.2) is 22.4 Å². The molecule has 0 atom stereocenters. The number of rotatable bonds is 1. The van der Waals surface area contributed by atoms with Gasteiger partial charge in [-0.3, -0.25) is 0 Å². The van der Waals surface area contributed by atoms with E-state index in [9.17, 15) is 5.26 Å². The highest BCUT2D eigenvalue weighted by atomic mass is 15.2. The highest BCUT2D eigenvalue weighted by Gasteiger charge is 2.35. The van der Waals surface area contributed by atoms with Gasteiger partial charge in [0, 0.05) is 24.4 Å². The molecule has 4 nitrogen and oxygen atoms in total. The summed E-state index contributed by atoms with van der Waals surface area (Å²) in [6.45, 7) is 6.20. The lowest BCUT2D eigenvalue weighted by Gasteiger charge is -2.37. The molecule has 1 heterocycles. The maximum Gasteiger partial charge on any atom is 0.134 e. The Morgan fingerprint density at radius 2 is 1.65 bits per heavy atom. The molecule has 0 saturated carbocycles. The second-order valence-corrected chi connectivity index (χ2v) is 6.22. The van der Waals surface area contributed by atoms with Gasteiger partial charge in [0.25, 0.3) is 0 Å². The van der Waals surface area contributed by atoms with E-state index in [1.807, 2.05) is 12.1 Å². The van der Waals surface area contributed by atoms with E-state index in [0.29, 0.717) is 17.6 Å². The SMILES string of the molecule is CC1(C)CC(=C(C#N)C#N)C(C#N)=C(N2CCCC2)C1. The lowest BCUT2D eigenvalue weighted by Crippen LogP contribution is -2.30. The number of likely N-dealkylation sites (tertiary alicyclic amines) is 1. The lowest BCUT2D eigenvalue weighted by molar-refractivity contribution is 0.287. The third-order valence-electron chi connectivity index (χ3n) is 4.02. The minimum atomic E-state index is -0.0213. The average Bonchev–Trinajstić information content (AvgIpc) is 2.92. The summed E-state index contributed by atoms with van der Waals surface area (Å²) in [6, 6.07) is 6.14. The predicted molar refractivity (Wildman–Crippen MR) is 74.7 cm³/mol. The van der Waals surface area contributed by atoms with Gasteiger partial charge in [-0.1, -0.05) is 13.8 Å². The van der Waals surface area contributed by atoms with Crippen LogP contribution in [-0.2, 0) is 0 Å². The van der Waals surface area contributed by atoms with E-state index >= 15 is 0 Å². The van der Waals surface area contributed by atoms with Crippen molar-refractivity contribution < 1.29 is 0 Å². The fourth-order valence-electron chi connectivity index (χ4n) is 3.11. The minimum absolute atomic E-state index is 0.0213. The number of nitriles is 3. The molecule has 0 aromatic rings. The molecule has 0 bridgehead atoms. The Hall–Kier alpha value is -2.25. The molecule has 0 amide bonds. The van der Waals surface area contributed by atoms with Crippen LogP contribution in [-0.4, -0.2) is 18.0 Å². The molecule has 0 spiro atoms. The molecule has 0 unspecified atom stereocenters. The quantitative estimate of drug-likeness (QED) is 0.684. The summed E-state index contributed by atoms with van der Waals surface area (Å²) < 4.78 is 0. The molecule has 1 aliphatic carbocycles. The highest BCUT2D eigenvalue weighted by Crippen LogP contribution is 2.44. The second-order valence-electron chi connectivity index (χ2n) is 6.22. The molecule has 102 valence electrons. The van der Waals surface area contributed by atoms with Crippen molar-refractivity contribution in [3.05, 3.63) is 22.4 Å². The van der Waals surface area contributed by atoms with Gasteiger partial charge in [-0.25, -0.2) is 0 Å². The van der Waals surface area contributed by atoms with Crippen LogP contribution in [0.4, 0.5) is 0 Å². The first-order valence-corrected chi connectivity index (χ1v) is 6.94. The zero-order valence-corrected chi connectivity index (χ0v) is 12.0. The Kier molecular flexibility index (Phi) is 3.82. The molecule has 1 fully saturated rings. The third kappa shape index (κ3) is 2.54. The van der Waals surface area contributed by atoms with E-state index in [4.69, 9.17) is 10.5 Å². The van der Waals surface area contributed by atoms with Crippen LogP contribution in [0.25, 0.3) is 0 Å². The molecular weight excluding hydrogens is 248 g/mol. The second kappa shape index (κ2) is 5.40. The fraction of sp³-hybridized carbons (Fsp3) is 0.562. The van der Waals surface area contributed by atoms with Crippen molar-refractivity contribution in [3.8, 4) is 18.2 Å². The van der Waals surface area contributed by atoms with Crippen molar-refractivity contribution in [1.82, 2.24) is 4.90 Å². The molecule has 0 aromatic heterocycles. The van der Waals surface area contributed by atoms with Crippen LogP contribution in [0.3, 0.4) is 0 Å². The minimum Gasteiger partial charge on any atom is -0.374 e. The maximum absolute atomic E-state index is 9.51. The molecule has 4 heteroatoms. The molecule has 20 heavy (non-hydrogen) atoms. The van der Waals surface area contributed by atoms with Gasteiger partial charge in [0.1, 0.15) is 23.8 Å². The first-order chi connectivity index (χ1) is 9.52. The molecule has 1 saturated heterocycles. The van der Waals surface area contributed by atoms with Crippen molar-refractivity contribution in [2.45, 2.75) is 39.5 Å². The van der Waals surface area contributed by atoms with Crippen molar-refractivity contribution in [2.24, 2.45) is 5.41 Å². The van der Waals surface area contributed by atoms with Crippen LogP contribution < -0.4 is 0 Å². The number of hydrogen-bond donors (Lipinski definition) is 0. The van der Waals surface area contributed by atoms with E-state index in [1.54, 1.807) is 0 Å².